The quantitative estimate of drug-likeness (QED) is 0.528. The Balaban J connectivity index is 2.47. The van der Waals surface area contributed by atoms with Crippen molar-refractivity contribution in [3.05, 3.63) is 45.4 Å². The zero-order valence-corrected chi connectivity index (χ0v) is 19.5. The third-order valence-electron chi connectivity index (χ3n) is 5.17. The van der Waals surface area contributed by atoms with Gasteiger partial charge in [-0.05, 0) is 42.4 Å². The van der Waals surface area contributed by atoms with E-state index in [4.69, 9.17) is 9.72 Å². The van der Waals surface area contributed by atoms with Crippen LogP contribution in [0.15, 0.2) is 23.0 Å². The molecule has 0 amide bonds. The summed E-state index contributed by atoms with van der Waals surface area (Å²) in [5, 5.41) is 12.7. The van der Waals surface area contributed by atoms with Crippen LogP contribution in [0.3, 0.4) is 0 Å². The molecule has 0 aliphatic heterocycles. The summed E-state index contributed by atoms with van der Waals surface area (Å²) in [6.07, 6.45) is 2.14. The van der Waals surface area contributed by atoms with Crippen molar-refractivity contribution < 1.29 is 14.6 Å². The molecule has 1 unspecified atom stereocenters. The molecule has 31 heavy (non-hydrogen) atoms. The number of rotatable bonds is 10. The smallest absolute Gasteiger partial charge is 0.321 e. The SMILES string of the molecule is CCCOc1ccc(CNC(C(=O)O)C(C)(C)C)cc1-c1nc(CC)c(CC)c(=O)[nH]1. The zero-order valence-electron chi connectivity index (χ0n) is 19.5. The highest BCUT2D eigenvalue weighted by Crippen LogP contribution is 2.29. The van der Waals surface area contributed by atoms with Gasteiger partial charge in [-0.15, -0.1) is 0 Å². The maximum absolute atomic E-state index is 12.6. The Labute approximate surface area is 184 Å². The van der Waals surface area contributed by atoms with Crippen molar-refractivity contribution in [2.75, 3.05) is 6.61 Å². The fraction of sp³-hybridized carbons (Fsp3) is 0.542. The third kappa shape index (κ3) is 6.17. The largest absolute Gasteiger partial charge is 0.493 e. The van der Waals surface area contributed by atoms with Crippen molar-refractivity contribution in [1.82, 2.24) is 15.3 Å². The molecule has 0 bridgehead atoms. The van der Waals surface area contributed by atoms with Crippen LogP contribution in [-0.4, -0.2) is 33.7 Å². The summed E-state index contributed by atoms with van der Waals surface area (Å²) in [7, 11) is 0. The van der Waals surface area contributed by atoms with Crippen molar-refractivity contribution in [2.24, 2.45) is 5.41 Å². The minimum atomic E-state index is -0.885. The molecule has 7 nitrogen and oxygen atoms in total. The van der Waals surface area contributed by atoms with E-state index in [1.807, 2.05) is 59.7 Å². The molecule has 0 saturated carbocycles. The number of carboxylic acids is 1. The second-order valence-corrected chi connectivity index (χ2v) is 8.74. The summed E-state index contributed by atoms with van der Waals surface area (Å²) in [6, 6.07) is 4.97. The number of aromatic amines is 1. The molecule has 1 aromatic heterocycles. The number of hydrogen-bond donors (Lipinski definition) is 3. The Hall–Kier alpha value is -2.67. The molecule has 0 saturated heterocycles. The number of H-pyrrole nitrogens is 1. The van der Waals surface area contributed by atoms with Crippen LogP contribution in [0.25, 0.3) is 11.4 Å². The van der Waals surface area contributed by atoms with Gasteiger partial charge in [0, 0.05) is 12.1 Å². The van der Waals surface area contributed by atoms with Gasteiger partial charge in [-0.25, -0.2) is 4.98 Å². The van der Waals surface area contributed by atoms with E-state index in [9.17, 15) is 14.7 Å². The topological polar surface area (TPSA) is 104 Å². The van der Waals surface area contributed by atoms with Gasteiger partial charge >= 0.3 is 5.97 Å². The Morgan fingerprint density at radius 1 is 1.23 bits per heavy atom. The van der Waals surface area contributed by atoms with Crippen LogP contribution < -0.4 is 15.6 Å². The number of aromatic nitrogens is 2. The lowest BCUT2D eigenvalue weighted by atomic mass is 9.86. The summed E-state index contributed by atoms with van der Waals surface area (Å²) in [5.74, 6) is 0.229. The molecule has 170 valence electrons. The molecule has 0 radical (unpaired) electrons. The van der Waals surface area contributed by atoms with Crippen LogP contribution in [-0.2, 0) is 24.2 Å². The van der Waals surface area contributed by atoms with E-state index < -0.39 is 17.4 Å². The zero-order chi connectivity index (χ0) is 23.2. The van der Waals surface area contributed by atoms with Gasteiger partial charge in [0.15, 0.2) is 0 Å². The first-order valence-corrected chi connectivity index (χ1v) is 11.0. The number of aliphatic carboxylic acids is 1. The lowest BCUT2D eigenvalue weighted by molar-refractivity contribution is -0.142. The summed E-state index contributed by atoms with van der Waals surface area (Å²) < 4.78 is 5.91. The standard InChI is InChI=1S/C24H35N3O4/c1-7-12-31-19-11-10-15(14-25-20(23(29)30)24(4,5)6)13-17(19)21-26-18(9-3)16(8-2)22(28)27-21/h10-11,13,20,25H,7-9,12,14H2,1-6H3,(H,29,30)(H,26,27,28). The lowest BCUT2D eigenvalue weighted by Gasteiger charge is -2.28. The number of ether oxygens (including phenoxy) is 1. The van der Waals surface area contributed by atoms with Crippen molar-refractivity contribution in [1.29, 1.82) is 0 Å². The summed E-state index contributed by atoms with van der Waals surface area (Å²) >= 11 is 0. The van der Waals surface area contributed by atoms with Gasteiger partial charge in [-0.3, -0.25) is 14.9 Å². The Morgan fingerprint density at radius 2 is 1.94 bits per heavy atom. The highest BCUT2D eigenvalue weighted by Gasteiger charge is 2.30. The Kier molecular flexibility index (Phi) is 8.39. The normalized spacial score (nSPS) is 12.6. The van der Waals surface area contributed by atoms with Crippen molar-refractivity contribution >= 4 is 5.97 Å². The van der Waals surface area contributed by atoms with Crippen LogP contribution >= 0.6 is 0 Å². The summed E-state index contributed by atoms with van der Waals surface area (Å²) in [4.78, 5) is 31.9. The van der Waals surface area contributed by atoms with Crippen molar-refractivity contribution in [3.8, 4) is 17.1 Å². The summed E-state index contributed by atoms with van der Waals surface area (Å²) in [6.45, 7) is 12.5. The number of carbonyl (C=O) groups is 1. The molecule has 0 aliphatic carbocycles. The van der Waals surface area contributed by atoms with Crippen molar-refractivity contribution in [2.45, 2.75) is 73.4 Å². The average Bonchev–Trinajstić information content (AvgIpc) is 2.70. The first-order valence-electron chi connectivity index (χ1n) is 11.0. The fourth-order valence-corrected chi connectivity index (χ4v) is 3.52. The number of aryl methyl sites for hydroxylation is 1. The minimum absolute atomic E-state index is 0.131. The number of nitrogens with one attached hydrogen (secondary N) is 2. The van der Waals surface area contributed by atoms with E-state index in [0.29, 0.717) is 48.7 Å². The highest BCUT2D eigenvalue weighted by molar-refractivity contribution is 5.74. The van der Waals surface area contributed by atoms with Gasteiger partial charge in [0.05, 0.1) is 17.9 Å². The van der Waals surface area contributed by atoms with E-state index in [1.54, 1.807) is 0 Å². The predicted octanol–water partition coefficient (Wildman–Crippen LogP) is 3.94. The second-order valence-electron chi connectivity index (χ2n) is 8.74. The average molecular weight is 430 g/mol. The monoisotopic (exact) mass is 429 g/mol. The molecule has 3 N–H and O–H groups in total. The molecule has 1 aromatic carbocycles. The van der Waals surface area contributed by atoms with Gasteiger partial charge < -0.3 is 14.8 Å². The van der Waals surface area contributed by atoms with Gasteiger partial charge in [0.1, 0.15) is 17.6 Å². The minimum Gasteiger partial charge on any atom is -0.493 e. The molecule has 1 atom stereocenters. The lowest BCUT2D eigenvalue weighted by Crippen LogP contribution is -2.46. The van der Waals surface area contributed by atoms with E-state index in [1.165, 1.54) is 0 Å². The molecule has 7 heteroatoms. The van der Waals surface area contributed by atoms with Crippen LogP contribution in [0.2, 0.25) is 0 Å². The maximum atomic E-state index is 12.6. The van der Waals surface area contributed by atoms with E-state index >= 15 is 0 Å². The van der Waals surface area contributed by atoms with Gasteiger partial charge in [-0.2, -0.15) is 0 Å². The third-order valence-corrected chi connectivity index (χ3v) is 5.17. The van der Waals surface area contributed by atoms with Gasteiger partial charge in [0.25, 0.3) is 5.56 Å². The number of benzene rings is 1. The molecule has 2 rings (SSSR count). The number of carboxylic acid groups (broad SMARTS) is 1. The highest BCUT2D eigenvalue weighted by atomic mass is 16.5. The van der Waals surface area contributed by atoms with E-state index in [2.05, 4.69) is 10.3 Å². The molecule has 0 spiro atoms. The molecule has 2 aromatic rings. The maximum Gasteiger partial charge on any atom is 0.321 e. The molecular formula is C24H35N3O4. The summed E-state index contributed by atoms with van der Waals surface area (Å²) in [5.41, 5.74) is 2.50. The molecule has 1 heterocycles. The van der Waals surface area contributed by atoms with Crippen molar-refractivity contribution in [3.63, 3.8) is 0 Å². The number of hydrogen-bond acceptors (Lipinski definition) is 5. The van der Waals surface area contributed by atoms with Gasteiger partial charge in [-0.1, -0.05) is 47.6 Å². The number of nitrogens with zero attached hydrogens (tertiary/aromatic N) is 1. The Morgan fingerprint density at radius 3 is 2.48 bits per heavy atom. The van der Waals surface area contributed by atoms with Crippen LogP contribution in [0.1, 0.15) is 64.8 Å². The first kappa shape index (κ1) is 24.6. The second kappa shape index (κ2) is 10.6. The fourth-order valence-electron chi connectivity index (χ4n) is 3.52. The van der Waals surface area contributed by atoms with Crippen LogP contribution in [0, 0.1) is 5.41 Å². The first-order chi connectivity index (χ1) is 14.6. The molecule has 0 aliphatic rings. The van der Waals surface area contributed by atoms with Gasteiger partial charge in [0.2, 0.25) is 0 Å². The predicted molar refractivity (Wildman–Crippen MR) is 123 cm³/mol. The van der Waals surface area contributed by atoms with E-state index in [0.717, 1.165) is 17.7 Å². The Bertz CT molecular complexity index is 960. The van der Waals surface area contributed by atoms with Crippen LogP contribution in [0.4, 0.5) is 0 Å². The van der Waals surface area contributed by atoms with Crippen LogP contribution in [0.5, 0.6) is 5.75 Å². The molecule has 0 fully saturated rings. The van der Waals surface area contributed by atoms with E-state index in [-0.39, 0.29) is 5.56 Å². The molecular weight excluding hydrogens is 394 g/mol.